The second-order valence-corrected chi connectivity index (χ2v) is 5.08. The van der Waals surface area contributed by atoms with Crippen LogP contribution < -0.4 is 20.1 Å². The van der Waals surface area contributed by atoms with Gasteiger partial charge in [0.05, 0.1) is 0 Å². The second kappa shape index (κ2) is 4.79. The highest BCUT2D eigenvalue weighted by Gasteiger charge is 2.29. The summed E-state index contributed by atoms with van der Waals surface area (Å²) in [5.41, 5.74) is 2.92. The van der Waals surface area contributed by atoms with E-state index in [4.69, 9.17) is 9.47 Å². The van der Waals surface area contributed by atoms with Crippen molar-refractivity contribution in [3.05, 3.63) is 53.6 Å². The standard InChI is InChI=1S/C16H14N2O3/c19-16-15(11-3-1-2-4-12(11)18-16)17-8-10-5-6-13-14(7-10)21-9-20-13/h1-7,15,17H,8-9H2,(H,18,19). The number of hydrogen-bond donors (Lipinski definition) is 2. The van der Waals surface area contributed by atoms with E-state index in [1.165, 1.54) is 0 Å². The van der Waals surface area contributed by atoms with Gasteiger partial charge in [-0.15, -0.1) is 0 Å². The van der Waals surface area contributed by atoms with Crippen molar-refractivity contribution in [3.63, 3.8) is 0 Å². The first kappa shape index (κ1) is 12.2. The molecule has 1 atom stereocenters. The summed E-state index contributed by atoms with van der Waals surface area (Å²) in [5, 5.41) is 6.17. The van der Waals surface area contributed by atoms with Crippen molar-refractivity contribution in [1.29, 1.82) is 0 Å². The molecule has 1 amide bonds. The average Bonchev–Trinajstić information content (AvgIpc) is 3.08. The quantitative estimate of drug-likeness (QED) is 0.906. The van der Waals surface area contributed by atoms with Crippen molar-refractivity contribution in [2.24, 2.45) is 0 Å². The molecule has 2 aromatic rings. The Balaban J connectivity index is 1.51. The first-order valence-electron chi connectivity index (χ1n) is 6.83. The van der Waals surface area contributed by atoms with Crippen LogP contribution in [0.2, 0.25) is 0 Å². The van der Waals surface area contributed by atoms with E-state index in [1.54, 1.807) is 0 Å². The summed E-state index contributed by atoms with van der Waals surface area (Å²) in [6.45, 7) is 0.855. The van der Waals surface area contributed by atoms with E-state index in [1.807, 2.05) is 42.5 Å². The van der Waals surface area contributed by atoms with Crippen LogP contribution in [0.25, 0.3) is 0 Å². The number of anilines is 1. The third-order valence-corrected chi connectivity index (χ3v) is 3.74. The fourth-order valence-electron chi connectivity index (χ4n) is 2.68. The molecule has 1 unspecified atom stereocenters. The van der Waals surface area contributed by atoms with Gasteiger partial charge in [-0.25, -0.2) is 0 Å². The maximum atomic E-state index is 12.0. The third kappa shape index (κ3) is 2.11. The molecule has 21 heavy (non-hydrogen) atoms. The van der Waals surface area contributed by atoms with Gasteiger partial charge in [0.15, 0.2) is 11.5 Å². The van der Waals surface area contributed by atoms with E-state index in [0.29, 0.717) is 6.54 Å². The summed E-state index contributed by atoms with van der Waals surface area (Å²) in [6.07, 6.45) is 0. The average molecular weight is 282 g/mol. The molecule has 2 N–H and O–H groups in total. The summed E-state index contributed by atoms with van der Waals surface area (Å²) in [4.78, 5) is 12.0. The maximum Gasteiger partial charge on any atom is 0.246 e. The molecule has 5 nitrogen and oxygen atoms in total. The molecule has 2 aliphatic heterocycles. The highest BCUT2D eigenvalue weighted by atomic mass is 16.7. The van der Waals surface area contributed by atoms with Gasteiger partial charge >= 0.3 is 0 Å². The topological polar surface area (TPSA) is 59.6 Å². The van der Waals surface area contributed by atoms with Gasteiger partial charge in [-0.2, -0.15) is 0 Å². The lowest BCUT2D eigenvalue weighted by Crippen LogP contribution is -2.27. The monoisotopic (exact) mass is 282 g/mol. The minimum absolute atomic E-state index is 0.0167. The molecular formula is C16H14N2O3. The maximum absolute atomic E-state index is 12.0. The molecular weight excluding hydrogens is 268 g/mol. The molecule has 0 aromatic heterocycles. The molecule has 2 aromatic carbocycles. The van der Waals surface area contributed by atoms with Gasteiger partial charge in [0.2, 0.25) is 12.7 Å². The summed E-state index contributed by atoms with van der Waals surface area (Å²) < 4.78 is 10.6. The molecule has 0 radical (unpaired) electrons. The Morgan fingerprint density at radius 1 is 1.14 bits per heavy atom. The molecule has 0 bridgehead atoms. The van der Waals surface area contributed by atoms with Crippen LogP contribution in [0.5, 0.6) is 11.5 Å². The van der Waals surface area contributed by atoms with Crippen molar-refractivity contribution in [2.45, 2.75) is 12.6 Å². The molecule has 2 heterocycles. The highest BCUT2D eigenvalue weighted by molar-refractivity contribution is 6.02. The van der Waals surface area contributed by atoms with E-state index in [0.717, 1.165) is 28.3 Å². The molecule has 0 saturated heterocycles. The van der Waals surface area contributed by atoms with Gasteiger partial charge < -0.3 is 14.8 Å². The number of para-hydroxylation sites is 1. The summed E-state index contributed by atoms with van der Waals surface area (Å²) in [6, 6.07) is 13.2. The van der Waals surface area contributed by atoms with Gasteiger partial charge in [0, 0.05) is 17.8 Å². The van der Waals surface area contributed by atoms with E-state index in [2.05, 4.69) is 10.6 Å². The van der Waals surface area contributed by atoms with Crippen LogP contribution in [0, 0.1) is 0 Å². The molecule has 0 fully saturated rings. The number of ether oxygens (including phenoxy) is 2. The van der Waals surface area contributed by atoms with E-state index in [-0.39, 0.29) is 18.7 Å². The zero-order chi connectivity index (χ0) is 14.2. The van der Waals surface area contributed by atoms with Crippen LogP contribution in [0.1, 0.15) is 17.2 Å². The Kier molecular flexibility index (Phi) is 2.79. The van der Waals surface area contributed by atoms with Gasteiger partial charge in [-0.1, -0.05) is 24.3 Å². The highest BCUT2D eigenvalue weighted by Crippen LogP contribution is 2.33. The molecule has 0 aliphatic carbocycles. The molecule has 5 heteroatoms. The predicted molar refractivity (Wildman–Crippen MR) is 77.2 cm³/mol. The number of nitrogens with one attached hydrogen (secondary N) is 2. The van der Waals surface area contributed by atoms with Crippen LogP contribution >= 0.6 is 0 Å². The summed E-state index contributed by atoms with van der Waals surface area (Å²) >= 11 is 0. The van der Waals surface area contributed by atoms with Crippen LogP contribution in [-0.2, 0) is 11.3 Å². The number of amides is 1. The molecule has 0 spiro atoms. The van der Waals surface area contributed by atoms with E-state index in [9.17, 15) is 4.79 Å². The fourth-order valence-corrected chi connectivity index (χ4v) is 2.68. The Bertz CT molecular complexity index is 714. The first-order chi connectivity index (χ1) is 10.3. The zero-order valence-electron chi connectivity index (χ0n) is 11.3. The lowest BCUT2D eigenvalue weighted by atomic mass is 10.1. The van der Waals surface area contributed by atoms with Crippen molar-refractivity contribution in [2.75, 3.05) is 12.1 Å². The van der Waals surface area contributed by atoms with Crippen molar-refractivity contribution >= 4 is 11.6 Å². The molecule has 4 rings (SSSR count). The number of hydrogen-bond acceptors (Lipinski definition) is 4. The number of fused-ring (bicyclic) bond motifs is 2. The third-order valence-electron chi connectivity index (χ3n) is 3.74. The van der Waals surface area contributed by atoms with Crippen LogP contribution in [0.4, 0.5) is 5.69 Å². The SMILES string of the molecule is O=C1Nc2ccccc2C1NCc1ccc2c(c1)OCO2. The fraction of sp³-hybridized carbons (Fsp3) is 0.188. The van der Waals surface area contributed by atoms with Gasteiger partial charge in [-0.3, -0.25) is 10.1 Å². The normalized spacial score (nSPS) is 18.5. The number of carbonyl (C=O) groups is 1. The number of carbonyl (C=O) groups excluding carboxylic acids is 1. The molecule has 0 saturated carbocycles. The van der Waals surface area contributed by atoms with Gasteiger partial charge in [-0.05, 0) is 23.8 Å². The molecule has 106 valence electrons. The first-order valence-corrected chi connectivity index (χ1v) is 6.83. The number of rotatable bonds is 3. The molecule has 2 aliphatic rings. The lowest BCUT2D eigenvalue weighted by molar-refractivity contribution is -0.117. The minimum Gasteiger partial charge on any atom is -0.454 e. The minimum atomic E-state index is -0.313. The second-order valence-electron chi connectivity index (χ2n) is 5.08. The Hall–Kier alpha value is -2.53. The largest absolute Gasteiger partial charge is 0.454 e. The smallest absolute Gasteiger partial charge is 0.246 e. The Morgan fingerprint density at radius 2 is 2.00 bits per heavy atom. The van der Waals surface area contributed by atoms with Crippen molar-refractivity contribution < 1.29 is 14.3 Å². The van der Waals surface area contributed by atoms with Crippen LogP contribution in [-0.4, -0.2) is 12.7 Å². The van der Waals surface area contributed by atoms with E-state index >= 15 is 0 Å². The van der Waals surface area contributed by atoms with E-state index < -0.39 is 0 Å². The predicted octanol–water partition coefficient (Wildman–Crippen LogP) is 2.20. The zero-order valence-corrected chi connectivity index (χ0v) is 11.3. The van der Waals surface area contributed by atoms with Gasteiger partial charge in [0.1, 0.15) is 6.04 Å². The lowest BCUT2D eigenvalue weighted by Gasteiger charge is -2.11. The van der Waals surface area contributed by atoms with Crippen molar-refractivity contribution in [3.8, 4) is 11.5 Å². The van der Waals surface area contributed by atoms with Crippen LogP contribution in [0.3, 0.4) is 0 Å². The van der Waals surface area contributed by atoms with Crippen molar-refractivity contribution in [1.82, 2.24) is 5.32 Å². The Morgan fingerprint density at radius 3 is 2.95 bits per heavy atom. The number of benzene rings is 2. The Labute approximate surface area is 121 Å². The summed E-state index contributed by atoms with van der Waals surface area (Å²) in [5.74, 6) is 1.50. The summed E-state index contributed by atoms with van der Waals surface area (Å²) in [7, 11) is 0. The van der Waals surface area contributed by atoms with Crippen LogP contribution in [0.15, 0.2) is 42.5 Å². The van der Waals surface area contributed by atoms with Gasteiger partial charge in [0.25, 0.3) is 0 Å².